The number of phenols is 2. The number of benzene rings is 1. The number of phenolic OH excluding ortho intramolecular Hbond substituents is 2. The Kier molecular flexibility index (Phi) is 3.93. The first-order chi connectivity index (χ1) is 8.63. The van der Waals surface area contributed by atoms with E-state index in [4.69, 9.17) is 16.3 Å². The van der Waals surface area contributed by atoms with Crippen molar-refractivity contribution < 1.29 is 19.7 Å². The van der Waals surface area contributed by atoms with Crippen LogP contribution in [0.1, 0.15) is 10.4 Å². The molecule has 2 N–H and O–H groups in total. The summed E-state index contributed by atoms with van der Waals surface area (Å²) in [7, 11) is 0. The number of carbonyl (C=O) groups is 1. The van der Waals surface area contributed by atoms with Crippen LogP contribution in [0, 0.1) is 0 Å². The van der Waals surface area contributed by atoms with Crippen molar-refractivity contribution in [2.75, 3.05) is 25.6 Å². The van der Waals surface area contributed by atoms with Gasteiger partial charge in [-0.2, -0.15) is 0 Å². The van der Waals surface area contributed by atoms with Crippen LogP contribution in [0.15, 0.2) is 18.2 Å². The third-order valence-corrected chi connectivity index (χ3v) is 3.23. The van der Waals surface area contributed by atoms with E-state index in [2.05, 4.69) is 0 Å². The smallest absolute Gasteiger partial charge is 0.258 e. The Labute approximate surface area is 110 Å². The van der Waals surface area contributed by atoms with Crippen LogP contribution in [0.2, 0.25) is 0 Å². The molecule has 5 nitrogen and oxygen atoms in total. The molecule has 0 radical (unpaired) electrons. The van der Waals surface area contributed by atoms with Crippen LogP contribution in [0.3, 0.4) is 0 Å². The minimum Gasteiger partial charge on any atom is -0.508 e. The van der Waals surface area contributed by atoms with Gasteiger partial charge in [0.25, 0.3) is 5.91 Å². The third kappa shape index (κ3) is 2.52. The van der Waals surface area contributed by atoms with Crippen molar-refractivity contribution >= 4 is 17.5 Å². The average Bonchev–Trinajstić information content (AvgIpc) is 2.38. The van der Waals surface area contributed by atoms with E-state index >= 15 is 0 Å². The lowest BCUT2D eigenvalue weighted by Gasteiger charge is -2.34. The fourth-order valence-electron chi connectivity index (χ4n) is 1.91. The van der Waals surface area contributed by atoms with Gasteiger partial charge in [-0.15, -0.1) is 11.6 Å². The SMILES string of the molecule is O=C(c1ccc(O)cc1O)N1CCOCC1CCl. The van der Waals surface area contributed by atoms with Crippen molar-refractivity contribution in [3.05, 3.63) is 23.8 Å². The summed E-state index contributed by atoms with van der Waals surface area (Å²) in [6.45, 7) is 1.29. The molecule has 2 rings (SSSR count). The number of alkyl halides is 1. The first-order valence-corrected chi connectivity index (χ1v) is 6.13. The topological polar surface area (TPSA) is 70.0 Å². The molecule has 98 valence electrons. The molecule has 1 fully saturated rings. The van der Waals surface area contributed by atoms with E-state index < -0.39 is 0 Å². The number of aromatic hydroxyl groups is 2. The first kappa shape index (κ1) is 13.0. The molecule has 1 heterocycles. The van der Waals surface area contributed by atoms with Gasteiger partial charge in [-0.1, -0.05) is 0 Å². The number of halogens is 1. The zero-order valence-corrected chi connectivity index (χ0v) is 10.4. The second-order valence-electron chi connectivity index (χ2n) is 4.08. The number of amides is 1. The lowest BCUT2D eigenvalue weighted by Crippen LogP contribution is -2.49. The Morgan fingerprint density at radius 3 is 2.94 bits per heavy atom. The zero-order chi connectivity index (χ0) is 13.1. The summed E-state index contributed by atoms with van der Waals surface area (Å²) in [5.74, 6) is -0.342. The lowest BCUT2D eigenvalue weighted by molar-refractivity contribution is 0.00441. The van der Waals surface area contributed by atoms with E-state index in [1.807, 2.05) is 0 Å². The van der Waals surface area contributed by atoms with Gasteiger partial charge >= 0.3 is 0 Å². The van der Waals surface area contributed by atoms with E-state index in [9.17, 15) is 15.0 Å². The molecule has 0 saturated carbocycles. The maximum atomic E-state index is 12.3. The van der Waals surface area contributed by atoms with Crippen molar-refractivity contribution in [1.29, 1.82) is 0 Å². The van der Waals surface area contributed by atoms with E-state index in [1.165, 1.54) is 12.1 Å². The second kappa shape index (κ2) is 5.46. The third-order valence-electron chi connectivity index (χ3n) is 2.88. The first-order valence-electron chi connectivity index (χ1n) is 5.60. The second-order valence-corrected chi connectivity index (χ2v) is 4.39. The molecule has 6 heteroatoms. The molecule has 1 aromatic carbocycles. The predicted octanol–water partition coefficient (Wildman–Crippen LogP) is 1.18. The number of nitrogens with zero attached hydrogens (tertiary/aromatic N) is 1. The number of hydrogen-bond acceptors (Lipinski definition) is 4. The van der Waals surface area contributed by atoms with Gasteiger partial charge in [0.2, 0.25) is 0 Å². The standard InChI is InChI=1S/C12H14ClNO4/c13-6-8-7-18-4-3-14(8)12(17)10-2-1-9(15)5-11(10)16/h1-2,5,8,15-16H,3-4,6-7H2. The minimum atomic E-state index is -0.304. The van der Waals surface area contributed by atoms with Crippen molar-refractivity contribution in [2.45, 2.75) is 6.04 Å². The highest BCUT2D eigenvalue weighted by Crippen LogP contribution is 2.25. The number of morpholine rings is 1. The maximum absolute atomic E-state index is 12.3. The van der Waals surface area contributed by atoms with Crippen LogP contribution < -0.4 is 0 Å². The normalized spacial score (nSPS) is 19.8. The highest BCUT2D eigenvalue weighted by molar-refractivity contribution is 6.18. The molecule has 0 aromatic heterocycles. The zero-order valence-electron chi connectivity index (χ0n) is 9.67. The minimum absolute atomic E-state index is 0.0834. The van der Waals surface area contributed by atoms with Crippen LogP contribution in [0.5, 0.6) is 11.5 Å². The molecule has 1 aliphatic heterocycles. The van der Waals surface area contributed by atoms with Crippen molar-refractivity contribution in [2.24, 2.45) is 0 Å². The van der Waals surface area contributed by atoms with Gasteiger partial charge < -0.3 is 19.8 Å². The van der Waals surface area contributed by atoms with Gasteiger partial charge in [0.05, 0.1) is 24.8 Å². The number of carbonyl (C=O) groups excluding carboxylic acids is 1. The van der Waals surface area contributed by atoms with Crippen LogP contribution in [0.25, 0.3) is 0 Å². The van der Waals surface area contributed by atoms with Gasteiger partial charge in [-0.05, 0) is 12.1 Å². The summed E-state index contributed by atoms with van der Waals surface area (Å²) in [6.07, 6.45) is 0. The summed E-state index contributed by atoms with van der Waals surface area (Å²) < 4.78 is 5.26. The highest BCUT2D eigenvalue weighted by Gasteiger charge is 2.28. The molecular formula is C12H14ClNO4. The Morgan fingerprint density at radius 2 is 2.28 bits per heavy atom. The molecule has 18 heavy (non-hydrogen) atoms. The van der Waals surface area contributed by atoms with Crippen LogP contribution in [-0.2, 0) is 4.74 Å². The monoisotopic (exact) mass is 271 g/mol. The van der Waals surface area contributed by atoms with Gasteiger partial charge in [-0.3, -0.25) is 4.79 Å². The fraction of sp³-hybridized carbons (Fsp3) is 0.417. The lowest BCUT2D eigenvalue weighted by atomic mass is 10.1. The molecular weight excluding hydrogens is 258 g/mol. The largest absolute Gasteiger partial charge is 0.508 e. The predicted molar refractivity (Wildman–Crippen MR) is 66.1 cm³/mol. The molecule has 1 aliphatic rings. The Hall–Kier alpha value is -1.46. The quantitative estimate of drug-likeness (QED) is 0.793. The van der Waals surface area contributed by atoms with Crippen LogP contribution in [0.4, 0.5) is 0 Å². The Bertz CT molecular complexity index is 452. The molecule has 1 amide bonds. The molecule has 0 bridgehead atoms. The van der Waals surface area contributed by atoms with Gasteiger partial charge in [0.1, 0.15) is 11.5 Å². The van der Waals surface area contributed by atoms with E-state index in [-0.39, 0.29) is 34.9 Å². The number of hydrogen-bond donors (Lipinski definition) is 2. The maximum Gasteiger partial charge on any atom is 0.258 e. The summed E-state index contributed by atoms with van der Waals surface area (Å²) in [5, 5.41) is 18.9. The molecule has 1 saturated heterocycles. The molecule has 0 aliphatic carbocycles. The highest BCUT2D eigenvalue weighted by atomic mass is 35.5. The summed E-state index contributed by atoms with van der Waals surface area (Å²) in [6, 6.07) is 3.71. The van der Waals surface area contributed by atoms with Gasteiger partial charge in [0.15, 0.2) is 0 Å². The fourth-order valence-corrected chi connectivity index (χ4v) is 2.16. The van der Waals surface area contributed by atoms with E-state index in [0.29, 0.717) is 19.8 Å². The van der Waals surface area contributed by atoms with Crippen molar-refractivity contribution in [1.82, 2.24) is 4.90 Å². The Balaban J connectivity index is 2.24. The van der Waals surface area contributed by atoms with Gasteiger partial charge in [-0.25, -0.2) is 0 Å². The van der Waals surface area contributed by atoms with Crippen LogP contribution in [-0.4, -0.2) is 52.7 Å². The number of rotatable bonds is 2. The molecule has 1 aromatic rings. The summed E-state index contributed by atoms with van der Waals surface area (Å²) in [4.78, 5) is 13.9. The average molecular weight is 272 g/mol. The molecule has 1 unspecified atom stereocenters. The Morgan fingerprint density at radius 1 is 1.50 bits per heavy atom. The van der Waals surface area contributed by atoms with Crippen LogP contribution >= 0.6 is 11.6 Å². The molecule has 1 atom stereocenters. The van der Waals surface area contributed by atoms with Crippen molar-refractivity contribution in [3.8, 4) is 11.5 Å². The van der Waals surface area contributed by atoms with Gasteiger partial charge in [0, 0.05) is 18.5 Å². The van der Waals surface area contributed by atoms with E-state index in [0.717, 1.165) is 6.07 Å². The van der Waals surface area contributed by atoms with Crippen molar-refractivity contribution in [3.63, 3.8) is 0 Å². The number of ether oxygens (including phenoxy) is 1. The van der Waals surface area contributed by atoms with E-state index in [1.54, 1.807) is 4.90 Å². The summed E-state index contributed by atoms with van der Waals surface area (Å²) >= 11 is 5.80. The summed E-state index contributed by atoms with van der Waals surface area (Å²) in [5.41, 5.74) is 0.157. The molecule has 0 spiro atoms.